The molecule has 5 spiro atoms. The lowest BCUT2D eigenvalue weighted by Gasteiger charge is -2.70. The van der Waals surface area contributed by atoms with Gasteiger partial charge in [0.1, 0.15) is 5.75 Å². The van der Waals surface area contributed by atoms with E-state index in [0.29, 0.717) is 19.6 Å². The number of para-hydroxylation sites is 2. The molecule has 9 heterocycles. The maximum Gasteiger partial charge on any atom is 0.335 e. The van der Waals surface area contributed by atoms with E-state index in [9.17, 15) is 9.90 Å². The third-order valence-corrected chi connectivity index (χ3v) is 17.7. The minimum atomic E-state index is -1.04. The highest BCUT2D eigenvalue weighted by Crippen LogP contribution is 2.77. The normalized spacial score (nSPS) is 46.7. The van der Waals surface area contributed by atoms with Crippen molar-refractivity contribution in [3.63, 3.8) is 0 Å². The van der Waals surface area contributed by atoms with Crippen molar-refractivity contribution in [3.8, 4) is 5.75 Å². The molecule has 11 atom stereocenters. The third kappa shape index (κ3) is 3.20. The van der Waals surface area contributed by atoms with Crippen molar-refractivity contribution in [2.24, 2.45) is 22.2 Å². The summed E-state index contributed by atoms with van der Waals surface area (Å²) in [6.45, 7) is 6.12. The highest BCUT2D eigenvalue weighted by atomic mass is 16.5. The molecule has 0 radical (unpaired) electrons. The van der Waals surface area contributed by atoms with Crippen molar-refractivity contribution < 1.29 is 34.3 Å². The zero-order chi connectivity index (χ0) is 35.3. The fourth-order valence-corrected chi connectivity index (χ4v) is 16.8. The summed E-state index contributed by atoms with van der Waals surface area (Å²) in [4.78, 5) is 22.0. The summed E-state index contributed by atoms with van der Waals surface area (Å²) >= 11 is 0. The minimum Gasteiger partial charge on any atom is -0.495 e. The van der Waals surface area contributed by atoms with Crippen LogP contribution in [0.4, 0.5) is 11.4 Å². The predicted molar refractivity (Wildman–Crippen MR) is 199 cm³/mol. The SMILES string of the molecule is COC(=O)C1=C2Nc3ccccc3[C@@]23CCN2C[C@]4(C[C@@H]5C[C@]67CCO[C@H]6CCN6CC[C@@]8(c9cccc(OC)c9N(C4)[C@@]58O)[C@@H]67)[C@@H]4OCC[C@]4(C1)[C@H]23.O. The predicted octanol–water partition coefficient (Wildman–Crippen LogP) is 3.34. The lowest BCUT2D eigenvalue weighted by Crippen LogP contribution is -2.81. The Balaban J connectivity index is 0.00000325. The van der Waals surface area contributed by atoms with Crippen molar-refractivity contribution in [3.05, 3.63) is 64.9 Å². The monoisotopic (exact) mass is 736 g/mol. The molecule has 13 rings (SSSR count). The quantitative estimate of drug-likeness (QED) is 0.444. The molecule has 4 N–H and O–H groups in total. The van der Waals surface area contributed by atoms with Crippen LogP contribution in [0.5, 0.6) is 5.75 Å². The molecule has 1 saturated carbocycles. The standard InChI is InChI=1S/C43H50N4O6.H2O/c1-50-30-9-5-7-28-32(30)47-24-38(20-25-21-39-13-18-52-31(39)10-15-45-17-12-42(28,36(39)45)43(25,47)49)23-46-16-11-41-27-6-3-4-8-29(27)44-33(41)26(34(48)51-2)22-40(35(41)46)14-19-53-37(38)40;/h3-9,25,31,35-37,44,49H,10-24H2,1-2H3;1H2/t25-,31+,35+,36+,37+,38+,39-,40+,41+,42-,43-;/m1./s1. The van der Waals surface area contributed by atoms with Crippen molar-refractivity contribution in [2.45, 2.75) is 92.2 Å². The van der Waals surface area contributed by atoms with E-state index in [1.54, 1.807) is 7.11 Å². The summed E-state index contributed by atoms with van der Waals surface area (Å²) in [5.74, 6) is 0.674. The van der Waals surface area contributed by atoms with Crippen molar-refractivity contribution >= 4 is 17.3 Å². The van der Waals surface area contributed by atoms with E-state index in [4.69, 9.17) is 18.9 Å². The molecule has 54 heavy (non-hydrogen) atoms. The smallest absolute Gasteiger partial charge is 0.335 e. The van der Waals surface area contributed by atoms with Gasteiger partial charge in [0.05, 0.1) is 48.5 Å². The van der Waals surface area contributed by atoms with Crippen molar-refractivity contribution in [1.82, 2.24) is 9.80 Å². The molecule has 11 aliphatic rings. The van der Waals surface area contributed by atoms with Gasteiger partial charge in [0, 0.05) is 78.5 Å². The summed E-state index contributed by atoms with van der Waals surface area (Å²) in [5.41, 5.74) is 4.37. The van der Waals surface area contributed by atoms with Gasteiger partial charge in [0.25, 0.3) is 0 Å². The largest absolute Gasteiger partial charge is 0.495 e. The number of nitrogens with one attached hydrogen (secondary N) is 1. The van der Waals surface area contributed by atoms with Crippen LogP contribution in [0.2, 0.25) is 0 Å². The summed E-state index contributed by atoms with van der Waals surface area (Å²) < 4.78 is 25.8. The second-order valence-electron chi connectivity index (χ2n) is 18.9. The van der Waals surface area contributed by atoms with Gasteiger partial charge in [0.15, 0.2) is 5.72 Å². The fraction of sp³-hybridized carbons (Fsp3) is 0.651. The number of rotatable bonds is 2. The number of piperidine rings is 3. The van der Waals surface area contributed by atoms with Gasteiger partial charge in [-0.15, -0.1) is 0 Å². The van der Waals surface area contributed by atoms with Crippen LogP contribution < -0.4 is 15.0 Å². The minimum absolute atomic E-state index is 0. The lowest BCUT2D eigenvalue weighted by atomic mass is 9.43. The topological polar surface area (TPSA) is 127 Å². The molecule has 11 nitrogen and oxygen atoms in total. The number of benzene rings is 2. The highest BCUT2D eigenvalue weighted by Gasteiger charge is 2.83. The van der Waals surface area contributed by atoms with E-state index in [0.717, 1.165) is 106 Å². The van der Waals surface area contributed by atoms with Gasteiger partial charge in [0.2, 0.25) is 0 Å². The van der Waals surface area contributed by atoms with Gasteiger partial charge in [-0.2, -0.15) is 0 Å². The average molecular weight is 737 g/mol. The first kappa shape index (κ1) is 33.0. The molecule has 11 heteroatoms. The first-order chi connectivity index (χ1) is 25.8. The van der Waals surface area contributed by atoms with Crippen molar-refractivity contribution in [1.29, 1.82) is 0 Å². The number of fused-ring (bicyclic) bond motifs is 4. The van der Waals surface area contributed by atoms with E-state index in [-0.39, 0.29) is 63.3 Å². The molecule has 2 aromatic carbocycles. The number of carbonyl (C=O) groups is 1. The first-order valence-corrected chi connectivity index (χ1v) is 20.4. The van der Waals surface area contributed by atoms with Crippen LogP contribution in [-0.4, -0.2) is 117 Å². The molecule has 0 unspecified atom stereocenters. The number of aliphatic hydroxyl groups is 1. The van der Waals surface area contributed by atoms with Gasteiger partial charge in [-0.1, -0.05) is 30.3 Å². The van der Waals surface area contributed by atoms with Crippen LogP contribution in [0.3, 0.4) is 0 Å². The Bertz CT molecular complexity index is 2060. The Hall–Kier alpha value is -3.19. The zero-order valence-corrected chi connectivity index (χ0v) is 31.4. The summed E-state index contributed by atoms with van der Waals surface area (Å²) in [5, 5.41) is 17.8. The number of hydrogen-bond acceptors (Lipinski definition) is 10. The Morgan fingerprint density at radius 1 is 0.889 bits per heavy atom. The summed E-state index contributed by atoms with van der Waals surface area (Å²) in [6, 6.07) is 15.8. The number of methoxy groups -OCH3 is 2. The molecule has 0 amide bonds. The Labute approximate surface area is 316 Å². The van der Waals surface area contributed by atoms with E-state index in [2.05, 4.69) is 62.5 Å². The molecule has 9 aliphatic heterocycles. The van der Waals surface area contributed by atoms with Crippen LogP contribution in [0.1, 0.15) is 62.5 Å². The number of carbonyl (C=O) groups excluding carboxylic acids is 1. The molecular weight excluding hydrogens is 684 g/mol. The van der Waals surface area contributed by atoms with Gasteiger partial charge in [-0.3, -0.25) is 9.80 Å². The van der Waals surface area contributed by atoms with Crippen molar-refractivity contribution in [2.75, 3.05) is 70.4 Å². The third-order valence-electron chi connectivity index (χ3n) is 17.7. The van der Waals surface area contributed by atoms with Crippen LogP contribution in [0.25, 0.3) is 0 Å². The van der Waals surface area contributed by atoms with Crippen LogP contribution in [0, 0.1) is 22.2 Å². The maximum absolute atomic E-state index is 14.0. The molecule has 8 fully saturated rings. The Kier molecular flexibility index (Phi) is 6.24. The first-order valence-electron chi connectivity index (χ1n) is 20.4. The lowest BCUT2D eigenvalue weighted by molar-refractivity contribution is -0.232. The zero-order valence-electron chi connectivity index (χ0n) is 31.4. The van der Waals surface area contributed by atoms with E-state index >= 15 is 0 Å². The molecular formula is C43H52N4O7. The number of esters is 1. The summed E-state index contributed by atoms with van der Waals surface area (Å²) in [7, 11) is 3.32. The van der Waals surface area contributed by atoms with E-state index in [1.165, 1.54) is 18.2 Å². The van der Waals surface area contributed by atoms with Gasteiger partial charge >= 0.3 is 5.97 Å². The number of hydrogen-bond donors (Lipinski definition) is 2. The Morgan fingerprint density at radius 3 is 2.57 bits per heavy atom. The molecule has 0 bridgehead atoms. The Morgan fingerprint density at radius 2 is 1.70 bits per heavy atom. The molecule has 7 saturated heterocycles. The number of nitrogens with zero attached hydrogens (tertiary/aromatic N) is 3. The second-order valence-corrected chi connectivity index (χ2v) is 18.9. The molecule has 2 aliphatic carbocycles. The summed E-state index contributed by atoms with van der Waals surface area (Å²) in [6.07, 6.45) is 7.62. The highest BCUT2D eigenvalue weighted by molar-refractivity contribution is 5.93. The van der Waals surface area contributed by atoms with Crippen LogP contribution in [-0.2, 0) is 29.8 Å². The molecule has 2 aromatic rings. The van der Waals surface area contributed by atoms with Gasteiger partial charge in [-0.25, -0.2) is 4.79 Å². The van der Waals surface area contributed by atoms with Gasteiger partial charge in [-0.05, 0) is 87.7 Å². The number of ether oxygens (including phenoxy) is 4. The van der Waals surface area contributed by atoms with Crippen LogP contribution >= 0.6 is 0 Å². The fourth-order valence-electron chi connectivity index (χ4n) is 16.8. The van der Waals surface area contributed by atoms with E-state index in [1.807, 2.05) is 0 Å². The maximum atomic E-state index is 14.0. The molecule has 0 aromatic heterocycles. The van der Waals surface area contributed by atoms with E-state index < -0.39 is 11.1 Å². The average Bonchev–Trinajstić information content (AvgIpc) is 4.02. The second kappa shape index (κ2) is 10.2. The number of anilines is 2. The molecule has 286 valence electrons. The van der Waals surface area contributed by atoms with Crippen LogP contribution in [0.15, 0.2) is 53.7 Å². The van der Waals surface area contributed by atoms with Gasteiger partial charge < -0.3 is 39.7 Å².